The molecule has 9 rings (SSSR count). The Morgan fingerprint density at radius 1 is 0.630 bits per heavy atom. The molecule has 2 aliphatic rings. The summed E-state index contributed by atoms with van der Waals surface area (Å²) in [5.74, 6) is 2.96. The predicted octanol–water partition coefficient (Wildman–Crippen LogP) is 12.7. The molecule has 0 radical (unpaired) electrons. The van der Waals surface area contributed by atoms with Crippen molar-refractivity contribution in [3.8, 4) is 45.3 Å². The van der Waals surface area contributed by atoms with Gasteiger partial charge in [0.2, 0.25) is 0 Å². The summed E-state index contributed by atoms with van der Waals surface area (Å²) in [5.41, 5.74) is 9.92. The van der Waals surface area contributed by atoms with E-state index in [-0.39, 0.29) is 5.41 Å². The summed E-state index contributed by atoms with van der Waals surface area (Å²) in [5, 5.41) is 2.62. The van der Waals surface area contributed by atoms with E-state index in [1.165, 1.54) is 36.9 Å². The number of ether oxygens (including phenoxy) is 2. The van der Waals surface area contributed by atoms with Crippen molar-refractivity contribution in [1.82, 2.24) is 0 Å². The molecule has 0 saturated heterocycles. The molecule has 1 aliphatic heterocycles. The Balaban J connectivity index is 1.09. The van der Waals surface area contributed by atoms with Gasteiger partial charge in [0.05, 0.1) is 0 Å². The molecule has 1 aromatic heterocycles. The van der Waals surface area contributed by atoms with E-state index < -0.39 is 0 Å². The Labute approximate surface area is 272 Å². The van der Waals surface area contributed by atoms with Crippen molar-refractivity contribution in [3.05, 3.63) is 156 Å². The maximum Gasteiger partial charge on any atom is 0.178 e. The van der Waals surface area contributed by atoms with Gasteiger partial charge in [0.1, 0.15) is 0 Å². The minimum absolute atomic E-state index is 0.123. The molecular weight excluding hydrogens is 581 g/mol. The van der Waals surface area contributed by atoms with Gasteiger partial charge in [-0.15, -0.1) is 11.3 Å². The zero-order valence-corrected chi connectivity index (χ0v) is 26.5. The third-order valence-electron chi connectivity index (χ3n) is 9.51. The standard InChI is InChI=1S/C43H30O2S/c1-26(19-20-27-21-22-31-30-13-7-9-18-38(30)46-39(31)25-27)28-11-4-5-12-29(28)32-15-10-17-36-41(32)45-42-37(44-36)24-23-35-40(42)33-14-6-8-16-34(33)43(35,2)3/h4-25H,1H2,2-3H3/b20-19+. The van der Waals surface area contributed by atoms with Gasteiger partial charge < -0.3 is 9.47 Å². The van der Waals surface area contributed by atoms with Gasteiger partial charge in [0, 0.05) is 36.7 Å². The lowest BCUT2D eigenvalue weighted by Gasteiger charge is -2.27. The van der Waals surface area contributed by atoms with Crippen LogP contribution in [-0.2, 0) is 5.41 Å². The maximum atomic E-state index is 6.91. The smallest absolute Gasteiger partial charge is 0.178 e. The summed E-state index contributed by atoms with van der Waals surface area (Å²) in [6.07, 6.45) is 4.27. The summed E-state index contributed by atoms with van der Waals surface area (Å²) in [6.45, 7) is 9.06. The van der Waals surface area contributed by atoms with Gasteiger partial charge >= 0.3 is 0 Å². The average Bonchev–Trinajstić information content (AvgIpc) is 3.57. The maximum absolute atomic E-state index is 6.91. The van der Waals surface area contributed by atoms with Crippen LogP contribution in [0.5, 0.6) is 23.0 Å². The fourth-order valence-corrected chi connectivity index (χ4v) is 8.34. The number of hydrogen-bond donors (Lipinski definition) is 0. The Hall–Kier alpha value is -5.38. The van der Waals surface area contributed by atoms with E-state index >= 15 is 0 Å². The fourth-order valence-electron chi connectivity index (χ4n) is 7.19. The van der Waals surface area contributed by atoms with Crippen molar-refractivity contribution < 1.29 is 9.47 Å². The summed E-state index contributed by atoms with van der Waals surface area (Å²) in [4.78, 5) is 0. The zero-order chi connectivity index (χ0) is 31.0. The van der Waals surface area contributed by atoms with Crippen LogP contribution < -0.4 is 9.47 Å². The topological polar surface area (TPSA) is 18.5 Å². The van der Waals surface area contributed by atoms with E-state index in [0.29, 0.717) is 5.75 Å². The van der Waals surface area contributed by atoms with Crippen molar-refractivity contribution >= 4 is 43.2 Å². The highest BCUT2D eigenvalue weighted by molar-refractivity contribution is 7.25. The Bertz CT molecular complexity index is 2420. The first kappa shape index (κ1) is 27.0. The van der Waals surface area contributed by atoms with Gasteiger partial charge in [-0.05, 0) is 63.2 Å². The minimum Gasteiger partial charge on any atom is -0.449 e. The first-order valence-corrected chi connectivity index (χ1v) is 16.4. The monoisotopic (exact) mass is 610 g/mol. The highest BCUT2D eigenvalue weighted by atomic mass is 32.1. The number of benzene rings is 6. The summed E-state index contributed by atoms with van der Waals surface area (Å²) in [7, 11) is 0. The second-order valence-corrected chi connectivity index (χ2v) is 13.7. The third kappa shape index (κ3) is 4.02. The second kappa shape index (κ2) is 10.1. The molecule has 0 amide bonds. The lowest BCUT2D eigenvalue weighted by Crippen LogP contribution is -2.15. The summed E-state index contributed by atoms with van der Waals surface area (Å²) in [6, 6.07) is 42.7. The van der Waals surface area contributed by atoms with E-state index in [9.17, 15) is 0 Å². The van der Waals surface area contributed by atoms with Crippen LogP contribution in [0, 0.1) is 0 Å². The molecular formula is C43H30O2S. The van der Waals surface area contributed by atoms with Crippen LogP contribution in [0.4, 0.5) is 0 Å². The van der Waals surface area contributed by atoms with Crippen molar-refractivity contribution in [2.45, 2.75) is 19.3 Å². The molecule has 1 aliphatic carbocycles. The number of hydrogen-bond acceptors (Lipinski definition) is 3. The van der Waals surface area contributed by atoms with Gasteiger partial charge in [0.15, 0.2) is 23.0 Å². The van der Waals surface area contributed by atoms with Gasteiger partial charge in [0.25, 0.3) is 0 Å². The lowest BCUT2D eigenvalue weighted by atomic mass is 9.82. The summed E-state index contributed by atoms with van der Waals surface area (Å²) < 4.78 is 16.1. The quantitative estimate of drug-likeness (QED) is 0.185. The van der Waals surface area contributed by atoms with Gasteiger partial charge in [-0.25, -0.2) is 0 Å². The summed E-state index contributed by atoms with van der Waals surface area (Å²) >= 11 is 1.84. The first-order chi connectivity index (χ1) is 22.5. The molecule has 2 nitrogen and oxygen atoms in total. The molecule has 0 spiro atoms. The van der Waals surface area contributed by atoms with E-state index in [1.54, 1.807) is 0 Å². The largest absolute Gasteiger partial charge is 0.449 e. The molecule has 0 unspecified atom stereocenters. The van der Waals surface area contributed by atoms with Crippen LogP contribution in [0.1, 0.15) is 36.1 Å². The predicted molar refractivity (Wildman–Crippen MR) is 193 cm³/mol. The minimum atomic E-state index is -0.123. The molecule has 6 aromatic carbocycles. The van der Waals surface area contributed by atoms with Crippen LogP contribution in [0.15, 0.2) is 134 Å². The molecule has 3 heteroatoms. The second-order valence-electron chi connectivity index (χ2n) is 12.6. The van der Waals surface area contributed by atoms with E-state index in [2.05, 4.69) is 136 Å². The molecule has 2 heterocycles. The van der Waals surface area contributed by atoms with Crippen LogP contribution >= 0.6 is 11.3 Å². The van der Waals surface area contributed by atoms with Gasteiger partial charge in [-0.2, -0.15) is 0 Å². The lowest BCUT2D eigenvalue weighted by molar-refractivity contribution is 0.361. The normalized spacial score (nSPS) is 14.0. The van der Waals surface area contributed by atoms with Crippen LogP contribution in [0.25, 0.3) is 54.1 Å². The molecule has 0 N–H and O–H groups in total. The molecule has 0 fully saturated rings. The Kier molecular flexibility index (Phi) is 5.90. The SMILES string of the molecule is C=C(/C=C/c1ccc2c(c1)sc1ccccc12)c1ccccc1-c1cccc2c1Oc1c(ccc3c1-c1ccccc1C3(C)C)O2. The van der Waals surface area contributed by atoms with E-state index in [0.717, 1.165) is 50.6 Å². The number of para-hydroxylation sites is 1. The fraction of sp³-hybridized carbons (Fsp3) is 0.0698. The molecule has 0 atom stereocenters. The van der Waals surface area contributed by atoms with Crippen molar-refractivity contribution in [2.75, 3.05) is 0 Å². The molecule has 7 aromatic rings. The Morgan fingerprint density at radius 2 is 1.37 bits per heavy atom. The van der Waals surface area contributed by atoms with Crippen molar-refractivity contribution in [3.63, 3.8) is 0 Å². The van der Waals surface area contributed by atoms with Crippen LogP contribution in [0.3, 0.4) is 0 Å². The number of rotatable bonds is 4. The highest BCUT2D eigenvalue weighted by Crippen LogP contribution is 2.59. The molecule has 220 valence electrons. The first-order valence-electron chi connectivity index (χ1n) is 15.6. The van der Waals surface area contributed by atoms with Crippen molar-refractivity contribution in [1.29, 1.82) is 0 Å². The Morgan fingerprint density at radius 3 is 2.28 bits per heavy atom. The number of allylic oxidation sites excluding steroid dienone is 2. The molecule has 46 heavy (non-hydrogen) atoms. The zero-order valence-electron chi connectivity index (χ0n) is 25.6. The molecule has 0 saturated carbocycles. The average molecular weight is 611 g/mol. The van der Waals surface area contributed by atoms with Crippen LogP contribution in [0.2, 0.25) is 0 Å². The number of thiophene rings is 1. The highest BCUT2D eigenvalue weighted by Gasteiger charge is 2.39. The van der Waals surface area contributed by atoms with E-state index in [4.69, 9.17) is 9.47 Å². The van der Waals surface area contributed by atoms with Gasteiger partial charge in [-0.3, -0.25) is 0 Å². The number of fused-ring (bicyclic) bond motifs is 9. The van der Waals surface area contributed by atoms with Gasteiger partial charge in [-0.1, -0.05) is 130 Å². The van der Waals surface area contributed by atoms with Crippen LogP contribution in [-0.4, -0.2) is 0 Å². The third-order valence-corrected chi connectivity index (χ3v) is 10.6. The van der Waals surface area contributed by atoms with Crippen molar-refractivity contribution in [2.24, 2.45) is 0 Å². The molecule has 0 bridgehead atoms. The van der Waals surface area contributed by atoms with E-state index in [1.807, 2.05) is 29.5 Å².